The first-order chi connectivity index (χ1) is 9.28. The van der Waals surface area contributed by atoms with Crippen molar-refractivity contribution in [3.63, 3.8) is 0 Å². The quantitative estimate of drug-likeness (QED) is 0.900. The summed E-state index contributed by atoms with van der Waals surface area (Å²) < 4.78 is 14.2. The number of rotatable bonds is 3. The molecule has 0 saturated carbocycles. The van der Waals surface area contributed by atoms with E-state index in [1.165, 1.54) is 6.42 Å². The first kappa shape index (κ1) is 15.3. The summed E-state index contributed by atoms with van der Waals surface area (Å²) in [5.41, 5.74) is 1.84. The highest BCUT2D eigenvalue weighted by Gasteiger charge is 2.28. The van der Waals surface area contributed by atoms with Crippen LogP contribution in [0, 0.1) is 11.7 Å². The molecule has 1 heterocycles. The van der Waals surface area contributed by atoms with Crippen LogP contribution in [0.5, 0.6) is 0 Å². The zero-order valence-corrected chi connectivity index (χ0v) is 13.3. The Morgan fingerprint density at radius 2 is 2.00 bits per heavy atom. The zero-order chi connectivity index (χ0) is 14.9. The van der Waals surface area contributed by atoms with Gasteiger partial charge in [-0.1, -0.05) is 13.0 Å². The van der Waals surface area contributed by atoms with Crippen molar-refractivity contribution < 1.29 is 4.39 Å². The molecule has 1 saturated heterocycles. The molecule has 3 heteroatoms. The van der Waals surface area contributed by atoms with Gasteiger partial charge < -0.3 is 10.2 Å². The lowest BCUT2D eigenvalue weighted by Crippen LogP contribution is -2.36. The predicted molar refractivity (Wildman–Crippen MR) is 83.6 cm³/mol. The molecular weight excluding hydrogens is 251 g/mol. The van der Waals surface area contributed by atoms with E-state index in [1.54, 1.807) is 6.07 Å². The summed E-state index contributed by atoms with van der Waals surface area (Å²) in [6.07, 6.45) is 1.18. The van der Waals surface area contributed by atoms with Gasteiger partial charge in [0.05, 0.1) is 0 Å². The van der Waals surface area contributed by atoms with Crippen LogP contribution >= 0.6 is 0 Å². The molecule has 1 aromatic rings. The standard InChI is InChI=1S/C17H27FN2/c1-12-9-13(2)20(11-12)16-8-6-7-15(18)14(16)10-19-17(3,4)5/h6-8,12-13,19H,9-11H2,1-5H3. The van der Waals surface area contributed by atoms with Gasteiger partial charge in [-0.15, -0.1) is 0 Å². The van der Waals surface area contributed by atoms with Crippen molar-refractivity contribution in [2.75, 3.05) is 11.4 Å². The third-order valence-electron chi connectivity index (χ3n) is 3.98. The van der Waals surface area contributed by atoms with E-state index in [-0.39, 0.29) is 11.4 Å². The molecule has 2 atom stereocenters. The fraction of sp³-hybridized carbons (Fsp3) is 0.647. The Hall–Kier alpha value is -1.09. The Morgan fingerprint density at radius 3 is 2.55 bits per heavy atom. The van der Waals surface area contributed by atoms with Gasteiger partial charge in [-0.25, -0.2) is 4.39 Å². The summed E-state index contributed by atoms with van der Waals surface area (Å²) in [6.45, 7) is 12.4. The van der Waals surface area contributed by atoms with E-state index < -0.39 is 0 Å². The molecule has 20 heavy (non-hydrogen) atoms. The van der Waals surface area contributed by atoms with Crippen LogP contribution in [0.25, 0.3) is 0 Å². The molecule has 1 N–H and O–H groups in total. The summed E-state index contributed by atoms with van der Waals surface area (Å²) in [5, 5.41) is 3.40. The van der Waals surface area contributed by atoms with Crippen LogP contribution in [0.2, 0.25) is 0 Å². The van der Waals surface area contributed by atoms with Crippen LogP contribution in [-0.4, -0.2) is 18.1 Å². The Bertz CT molecular complexity index is 465. The number of nitrogens with one attached hydrogen (secondary N) is 1. The number of hydrogen-bond donors (Lipinski definition) is 1. The van der Waals surface area contributed by atoms with Crippen molar-refractivity contribution in [2.45, 2.75) is 59.2 Å². The lowest BCUT2D eigenvalue weighted by molar-refractivity contribution is 0.418. The van der Waals surface area contributed by atoms with Crippen molar-refractivity contribution in [2.24, 2.45) is 5.92 Å². The molecule has 2 unspecified atom stereocenters. The molecule has 2 rings (SSSR count). The summed E-state index contributed by atoms with van der Waals surface area (Å²) in [7, 11) is 0. The molecule has 0 bridgehead atoms. The van der Waals surface area contributed by atoms with Gasteiger partial charge >= 0.3 is 0 Å². The third-order valence-corrected chi connectivity index (χ3v) is 3.98. The lowest BCUT2D eigenvalue weighted by Gasteiger charge is -2.28. The summed E-state index contributed by atoms with van der Waals surface area (Å²) in [4.78, 5) is 2.35. The zero-order valence-electron chi connectivity index (χ0n) is 13.3. The molecule has 0 radical (unpaired) electrons. The molecule has 0 spiro atoms. The average molecular weight is 278 g/mol. The minimum atomic E-state index is -0.106. The van der Waals surface area contributed by atoms with Crippen LogP contribution in [-0.2, 0) is 6.54 Å². The van der Waals surface area contributed by atoms with Crippen LogP contribution < -0.4 is 10.2 Å². The van der Waals surface area contributed by atoms with E-state index in [2.05, 4.69) is 50.9 Å². The number of halogens is 1. The highest BCUT2D eigenvalue weighted by molar-refractivity contribution is 5.56. The maximum atomic E-state index is 14.2. The second-order valence-corrected chi connectivity index (χ2v) is 7.18. The minimum absolute atomic E-state index is 0.0104. The van der Waals surface area contributed by atoms with Gasteiger partial charge in [-0.3, -0.25) is 0 Å². The first-order valence-corrected chi connectivity index (χ1v) is 7.57. The van der Waals surface area contributed by atoms with E-state index in [1.807, 2.05) is 6.07 Å². The molecule has 0 aromatic heterocycles. The molecule has 1 aliphatic heterocycles. The first-order valence-electron chi connectivity index (χ1n) is 7.57. The van der Waals surface area contributed by atoms with Gasteiger partial charge in [-0.05, 0) is 52.2 Å². The number of nitrogens with zero attached hydrogens (tertiary/aromatic N) is 1. The number of hydrogen-bond acceptors (Lipinski definition) is 2. The summed E-state index contributed by atoms with van der Waals surface area (Å²) in [5.74, 6) is 0.572. The second-order valence-electron chi connectivity index (χ2n) is 7.18. The Kier molecular flexibility index (Phi) is 4.38. The summed E-state index contributed by atoms with van der Waals surface area (Å²) in [6, 6.07) is 5.92. The van der Waals surface area contributed by atoms with E-state index in [4.69, 9.17) is 0 Å². The molecule has 0 aliphatic carbocycles. The van der Waals surface area contributed by atoms with Gasteiger partial charge in [0.1, 0.15) is 5.82 Å². The molecule has 2 nitrogen and oxygen atoms in total. The molecular formula is C17H27FN2. The summed E-state index contributed by atoms with van der Waals surface area (Å²) >= 11 is 0. The highest BCUT2D eigenvalue weighted by atomic mass is 19.1. The molecule has 1 aromatic carbocycles. The van der Waals surface area contributed by atoms with Crippen molar-refractivity contribution in [1.82, 2.24) is 5.32 Å². The smallest absolute Gasteiger partial charge is 0.129 e. The van der Waals surface area contributed by atoms with Crippen LogP contribution in [0.15, 0.2) is 18.2 Å². The Balaban J connectivity index is 2.27. The van der Waals surface area contributed by atoms with Crippen molar-refractivity contribution in [1.29, 1.82) is 0 Å². The number of benzene rings is 1. The Labute approximate surface area is 122 Å². The third kappa shape index (κ3) is 3.51. The fourth-order valence-corrected chi connectivity index (χ4v) is 2.98. The van der Waals surface area contributed by atoms with Gasteiger partial charge in [0.2, 0.25) is 0 Å². The molecule has 0 amide bonds. The monoisotopic (exact) mass is 278 g/mol. The topological polar surface area (TPSA) is 15.3 Å². The predicted octanol–water partition coefficient (Wildman–Crippen LogP) is 3.95. The maximum Gasteiger partial charge on any atom is 0.129 e. The maximum absolute atomic E-state index is 14.2. The largest absolute Gasteiger partial charge is 0.368 e. The fourth-order valence-electron chi connectivity index (χ4n) is 2.98. The number of anilines is 1. The van der Waals surface area contributed by atoms with Crippen molar-refractivity contribution in [3.05, 3.63) is 29.6 Å². The van der Waals surface area contributed by atoms with Gasteiger partial charge in [0, 0.05) is 35.9 Å². The van der Waals surface area contributed by atoms with Crippen LogP contribution in [0.3, 0.4) is 0 Å². The SMILES string of the molecule is CC1CC(C)N(c2cccc(F)c2CNC(C)(C)C)C1. The van der Waals surface area contributed by atoms with Crippen LogP contribution in [0.4, 0.5) is 10.1 Å². The van der Waals surface area contributed by atoms with E-state index >= 15 is 0 Å². The molecule has 1 aliphatic rings. The highest BCUT2D eigenvalue weighted by Crippen LogP contribution is 2.32. The lowest BCUT2D eigenvalue weighted by atomic mass is 10.1. The van der Waals surface area contributed by atoms with E-state index in [0.29, 0.717) is 18.5 Å². The van der Waals surface area contributed by atoms with Gasteiger partial charge in [0.25, 0.3) is 0 Å². The van der Waals surface area contributed by atoms with E-state index in [0.717, 1.165) is 17.8 Å². The normalized spacial score (nSPS) is 23.4. The van der Waals surface area contributed by atoms with Gasteiger partial charge in [-0.2, -0.15) is 0 Å². The van der Waals surface area contributed by atoms with Gasteiger partial charge in [0.15, 0.2) is 0 Å². The second kappa shape index (κ2) is 5.72. The minimum Gasteiger partial charge on any atom is -0.368 e. The van der Waals surface area contributed by atoms with Crippen LogP contribution in [0.1, 0.15) is 46.6 Å². The van der Waals surface area contributed by atoms with E-state index in [9.17, 15) is 4.39 Å². The molecule has 1 fully saturated rings. The Morgan fingerprint density at radius 1 is 1.30 bits per heavy atom. The average Bonchev–Trinajstić information content (AvgIpc) is 2.65. The van der Waals surface area contributed by atoms with Crippen molar-refractivity contribution >= 4 is 5.69 Å². The van der Waals surface area contributed by atoms with Crippen molar-refractivity contribution in [3.8, 4) is 0 Å². The molecule has 112 valence electrons.